The van der Waals surface area contributed by atoms with Crippen LogP contribution in [-0.4, -0.2) is 35.1 Å². The van der Waals surface area contributed by atoms with Gasteiger partial charge in [0, 0.05) is 32.2 Å². The Morgan fingerprint density at radius 2 is 1.96 bits per heavy atom. The van der Waals surface area contributed by atoms with Gasteiger partial charge in [-0.3, -0.25) is 9.69 Å². The molecule has 0 unspecified atom stereocenters. The molecular formula is C19H20F2N2O2. The molecule has 1 atom stereocenters. The number of carbonyl (C=O) groups is 1. The summed E-state index contributed by atoms with van der Waals surface area (Å²) >= 11 is 0. The topological polar surface area (TPSA) is 52.6 Å². The maximum absolute atomic E-state index is 13.7. The van der Waals surface area contributed by atoms with Gasteiger partial charge in [-0.15, -0.1) is 0 Å². The van der Waals surface area contributed by atoms with Crippen molar-refractivity contribution in [2.45, 2.75) is 25.6 Å². The van der Waals surface area contributed by atoms with Crippen LogP contribution in [0.25, 0.3) is 0 Å². The van der Waals surface area contributed by atoms with Gasteiger partial charge in [-0.25, -0.2) is 8.78 Å². The molecule has 2 N–H and O–H groups in total. The third-order valence-corrected chi connectivity index (χ3v) is 4.37. The Morgan fingerprint density at radius 1 is 1.20 bits per heavy atom. The average molecular weight is 346 g/mol. The van der Waals surface area contributed by atoms with E-state index in [2.05, 4.69) is 10.2 Å². The van der Waals surface area contributed by atoms with Crippen molar-refractivity contribution in [3.63, 3.8) is 0 Å². The van der Waals surface area contributed by atoms with Crippen molar-refractivity contribution >= 4 is 5.91 Å². The smallest absolute Gasteiger partial charge is 0.254 e. The van der Waals surface area contributed by atoms with Crippen LogP contribution in [0.4, 0.5) is 8.78 Å². The van der Waals surface area contributed by atoms with E-state index in [1.54, 1.807) is 0 Å². The Morgan fingerprint density at radius 3 is 2.64 bits per heavy atom. The van der Waals surface area contributed by atoms with Crippen LogP contribution in [0, 0.1) is 11.6 Å². The Bertz CT molecular complexity index is 767. The summed E-state index contributed by atoms with van der Waals surface area (Å²) in [5.41, 5.74) is 1.80. The molecule has 1 saturated heterocycles. The van der Waals surface area contributed by atoms with Gasteiger partial charge < -0.3 is 10.4 Å². The molecule has 0 aromatic heterocycles. The van der Waals surface area contributed by atoms with Crippen molar-refractivity contribution in [3.05, 3.63) is 70.8 Å². The minimum absolute atomic E-state index is 0.179. The molecule has 0 saturated carbocycles. The first kappa shape index (κ1) is 17.5. The number of carbonyl (C=O) groups excluding carboxylic acids is 1. The lowest BCUT2D eigenvalue weighted by molar-refractivity contribution is 0.0946. The lowest BCUT2D eigenvalue weighted by Crippen LogP contribution is -2.26. The molecule has 1 fully saturated rings. The zero-order valence-corrected chi connectivity index (χ0v) is 13.7. The number of benzene rings is 2. The number of aliphatic hydroxyl groups is 1. The van der Waals surface area contributed by atoms with Gasteiger partial charge in [0.2, 0.25) is 0 Å². The summed E-state index contributed by atoms with van der Waals surface area (Å²) in [6.07, 6.45) is 0.483. The van der Waals surface area contributed by atoms with Crippen molar-refractivity contribution in [2.24, 2.45) is 0 Å². The van der Waals surface area contributed by atoms with E-state index in [9.17, 15) is 18.7 Å². The predicted octanol–water partition coefficient (Wildman–Crippen LogP) is 2.46. The molecule has 1 heterocycles. The van der Waals surface area contributed by atoms with E-state index in [4.69, 9.17) is 0 Å². The largest absolute Gasteiger partial charge is 0.392 e. The highest BCUT2D eigenvalue weighted by Crippen LogP contribution is 2.17. The summed E-state index contributed by atoms with van der Waals surface area (Å²) in [6.45, 7) is 2.42. The molecule has 0 bridgehead atoms. The molecule has 25 heavy (non-hydrogen) atoms. The van der Waals surface area contributed by atoms with E-state index in [0.29, 0.717) is 19.2 Å². The van der Waals surface area contributed by atoms with Crippen LogP contribution in [0.3, 0.4) is 0 Å². The number of rotatable bonds is 5. The van der Waals surface area contributed by atoms with E-state index in [1.807, 2.05) is 24.3 Å². The number of β-amino-alcohol motifs (C(OH)–C–C–N with tert-alkyl or cyclic N) is 1. The van der Waals surface area contributed by atoms with Gasteiger partial charge in [-0.1, -0.05) is 24.3 Å². The van der Waals surface area contributed by atoms with E-state index < -0.39 is 17.5 Å². The molecule has 4 nitrogen and oxygen atoms in total. The minimum atomic E-state index is -0.878. The molecule has 6 heteroatoms. The van der Waals surface area contributed by atoms with Gasteiger partial charge in [-0.05, 0) is 29.7 Å². The summed E-state index contributed by atoms with van der Waals surface area (Å²) in [5, 5.41) is 12.3. The van der Waals surface area contributed by atoms with Crippen LogP contribution in [-0.2, 0) is 13.1 Å². The SMILES string of the molecule is O=C(NCc1ccccc1CN1CC[C@H](O)C1)c1ccc(F)cc1F. The molecule has 2 aromatic carbocycles. The minimum Gasteiger partial charge on any atom is -0.392 e. The van der Waals surface area contributed by atoms with E-state index in [1.165, 1.54) is 0 Å². The van der Waals surface area contributed by atoms with Gasteiger partial charge in [-0.2, -0.15) is 0 Å². The van der Waals surface area contributed by atoms with Gasteiger partial charge in [0.25, 0.3) is 5.91 Å². The quantitative estimate of drug-likeness (QED) is 0.874. The molecule has 0 aliphatic carbocycles. The van der Waals surface area contributed by atoms with E-state index >= 15 is 0 Å². The van der Waals surface area contributed by atoms with Crippen LogP contribution < -0.4 is 5.32 Å². The summed E-state index contributed by atoms with van der Waals surface area (Å²) in [6, 6.07) is 10.6. The molecule has 2 aromatic rings. The van der Waals surface area contributed by atoms with Crippen molar-refractivity contribution in [3.8, 4) is 0 Å². The van der Waals surface area contributed by atoms with Crippen LogP contribution in [0.1, 0.15) is 27.9 Å². The highest BCUT2D eigenvalue weighted by atomic mass is 19.1. The lowest BCUT2D eigenvalue weighted by Gasteiger charge is -2.18. The Hall–Kier alpha value is -2.31. The highest BCUT2D eigenvalue weighted by Gasteiger charge is 2.21. The second kappa shape index (κ2) is 7.72. The van der Waals surface area contributed by atoms with Crippen molar-refractivity contribution in [1.82, 2.24) is 10.2 Å². The van der Waals surface area contributed by atoms with Crippen molar-refractivity contribution < 1.29 is 18.7 Å². The second-order valence-corrected chi connectivity index (χ2v) is 6.25. The Labute approximate surface area is 145 Å². The van der Waals surface area contributed by atoms with E-state index in [0.717, 1.165) is 36.2 Å². The molecule has 0 radical (unpaired) electrons. The molecule has 1 aliphatic heterocycles. The normalized spacial score (nSPS) is 17.6. The van der Waals surface area contributed by atoms with Crippen LogP contribution in [0.2, 0.25) is 0 Å². The van der Waals surface area contributed by atoms with Crippen LogP contribution in [0.15, 0.2) is 42.5 Å². The zero-order chi connectivity index (χ0) is 17.8. The standard InChI is InChI=1S/C19H20F2N2O2/c20-15-5-6-17(18(21)9-15)19(25)22-10-13-3-1-2-4-14(13)11-23-8-7-16(24)12-23/h1-6,9,16,24H,7-8,10-12H2,(H,22,25)/t16-/m0/s1. The maximum atomic E-state index is 13.7. The van der Waals surface area contributed by atoms with Gasteiger partial charge in [0.05, 0.1) is 11.7 Å². The summed E-state index contributed by atoms with van der Waals surface area (Å²) < 4.78 is 26.6. The first-order valence-electron chi connectivity index (χ1n) is 8.23. The second-order valence-electron chi connectivity index (χ2n) is 6.25. The number of nitrogens with zero attached hydrogens (tertiary/aromatic N) is 1. The molecule has 1 aliphatic rings. The van der Waals surface area contributed by atoms with Gasteiger partial charge in [0.15, 0.2) is 0 Å². The number of amides is 1. The average Bonchev–Trinajstić information content (AvgIpc) is 2.99. The number of halogens is 2. The molecule has 3 rings (SSSR count). The summed E-state index contributed by atoms with van der Waals surface area (Å²) in [4.78, 5) is 14.3. The monoisotopic (exact) mass is 346 g/mol. The fraction of sp³-hybridized carbons (Fsp3) is 0.316. The first-order valence-corrected chi connectivity index (χ1v) is 8.23. The number of likely N-dealkylation sites (tertiary alicyclic amines) is 1. The molecular weight excluding hydrogens is 326 g/mol. The zero-order valence-electron chi connectivity index (χ0n) is 13.7. The fourth-order valence-electron chi connectivity index (χ4n) is 3.03. The van der Waals surface area contributed by atoms with Gasteiger partial charge in [0.1, 0.15) is 11.6 Å². The molecule has 0 spiro atoms. The Balaban J connectivity index is 1.65. The van der Waals surface area contributed by atoms with Crippen molar-refractivity contribution in [2.75, 3.05) is 13.1 Å². The third-order valence-electron chi connectivity index (χ3n) is 4.37. The third kappa shape index (κ3) is 4.41. The van der Waals surface area contributed by atoms with Crippen molar-refractivity contribution in [1.29, 1.82) is 0 Å². The lowest BCUT2D eigenvalue weighted by atomic mass is 10.1. The predicted molar refractivity (Wildman–Crippen MR) is 89.9 cm³/mol. The van der Waals surface area contributed by atoms with Gasteiger partial charge >= 0.3 is 0 Å². The number of hydrogen-bond donors (Lipinski definition) is 2. The molecule has 1 amide bonds. The number of hydrogen-bond acceptors (Lipinski definition) is 3. The first-order chi connectivity index (χ1) is 12.0. The van der Waals surface area contributed by atoms with E-state index in [-0.39, 0.29) is 18.2 Å². The van der Waals surface area contributed by atoms with Crippen LogP contribution in [0.5, 0.6) is 0 Å². The molecule has 132 valence electrons. The highest BCUT2D eigenvalue weighted by molar-refractivity contribution is 5.94. The van der Waals surface area contributed by atoms with Crippen LogP contribution >= 0.6 is 0 Å². The summed E-state index contributed by atoms with van der Waals surface area (Å²) in [7, 11) is 0. The number of aliphatic hydroxyl groups excluding tert-OH is 1. The fourth-order valence-corrected chi connectivity index (χ4v) is 3.03. The number of nitrogens with one attached hydrogen (secondary N) is 1. The summed E-state index contributed by atoms with van der Waals surface area (Å²) in [5.74, 6) is -2.17. The maximum Gasteiger partial charge on any atom is 0.254 e. The Kier molecular flexibility index (Phi) is 5.40.